The minimum atomic E-state index is -3.76. The van der Waals surface area contributed by atoms with Gasteiger partial charge in [0.2, 0.25) is 5.78 Å². The maximum Gasteiger partial charge on any atom is 0.251 e. The lowest BCUT2D eigenvalue weighted by molar-refractivity contribution is -0.119. The molecule has 0 unspecified atom stereocenters. The van der Waals surface area contributed by atoms with Gasteiger partial charge in [-0.25, -0.2) is 8.42 Å². The highest BCUT2D eigenvalue weighted by Crippen LogP contribution is 2.22. The fourth-order valence-electron chi connectivity index (χ4n) is 2.12. The third-order valence-corrected chi connectivity index (χ3v) is 4.66. The van der Waals surface area contributed by atoms with Gasteiger partial charge >= 0.3 is 0 Å². The van der Waals surface area contributed by atoms with Crippen LogP contribution >= 0.6 is 11.6 Å². The summed E-state index contributed by atoms with van der Waals surface area (Å²) in [5, 5.41) is 7.64. The number of hydrogen-bond acceptors (Lipinski definition) is 4. The first-order valence-electron chi connectivity index (χ1n) is 8.20. The third kappa shape index (κ3) is 5.80. The van der Waals surface area contributed by atoms with E-state index < -0.39 is 15.4 Å². The molecule has 0 aliphatic carbocycles. The average molecular weight is 408 g/mol. The molecule has 0 aliphatic rings. The molecule has 1 N–H and O–H groups in total. The molecule has 0 saturated carbocycles. The van der Waals surface area contributed by atoms with Gasteiger partial charge in [-0.1, -0.05) is 50.6 Å². The van der Waals surface area contributed by atoms with Gasteiger partial charge in [-0.3, -0.25) is 4.79 Å². The molecule has 0 fully saturated rings. The SMILES string of the molecule is CC(C)(C)C(=O)C(=NN(c1ccccc1)S(C)(=O)=O)Nc1ccc(Cl)cc1. The summed E-state index contributed by atoms with van der Waals surface area (Å²) >= 11 is 5.90. The summed E-state index contributed by atoms with van der Waals surface area (Å²) in [7, 11) is -3.76. The molecule has 2 rings (SSSR count). The Morgan fingerprint density at radius 2 is 1.59 bits per heavy atom. The van der Waals surface area contributed by atoms with Crippen molar-refractivity contribution in [1.29, 1.82) is 0 Å². The van der Waals surface area contributed by atoms with Gasteiger partial charge in [-0.15, -0.1) is 5.10 Å². The molecular formula is C19H22ClN3O3S. The van der Waals surface area contributed by atoms with Crippen LogP contribution in [0.1, 0.15) is 20.8 Å². The molecule has 0 saturated heterocycles. The second-order valence-electron chi connectivity index (χ2n) is 7.00. The molecule has 144 valence electrons. The molecule has 2 aromatic rings. The first-order chi connectivity index (χ1) is 12.5. The molecule has 27 heavy (non-hydrogen) atoms. The van der Waals surface area contributed by atoms with E-state index >= 15 is 0 Å². The second-order valence-corrected chi connectivity index (χ2v) is 9.25. The highest BCUT2D eigenvalue weighted by Gasteiger charge is 2.29. The van der Waals surface area contributed by atoms with E-state index in [1.807, 2.05) is 0 Å². The van der Waals surface area contributed by atoms with Gasteiger partial charge in [-0.2, -0.15) is 4.41 Å². The Bertz CT molecular complexity index is 934. The molecule has 6 nitrogen and oxygen atoms in total. The second kappa shape index (κ2) is 8.10. The summed E-state index contributed by atoms with van der Waals surface area (Å²) in [6, 6.07) is 15.0. The highest BCUT2D eigenvalue weighted by molar-refractivity contribution is 7.92. The Labute approximate surface area is 164 Å². The summed E-state index contributed by atoms with van der Waals surface area (Å²) in [5.41, 5.74) is 0.132. The van der Waals surface area contributed by atoms with Crippen LogP contribution in [0.3, 0.4) is 0 Å². The first-order valence-corrected chi connectivity index (χ1v) is 10.4. The van der Waals surface area contributed by atoms with Crippen molar-refractivity contribution in [2.24, 2.45) is 10.5 Å². The molecule has 8 heteroatoms. The Balaban J connectivity index is 2.55. The summed E-state index contributed by atoms with van der Waals surface area (Å²) in [6.45, 7) is 5.21. The number of amidine groups is 1. The van der Waals surface area contributed by atoms with Gasteiger partial charge in [0.1, 0.15) is 0 Å². The van der Waals surface area contributed by atoms with Crippen LogP contribution in [-0.4, -0.2) is 26.3 Å². The number of carbonyl (C=O) groups is 1. The van der Waals surface area contributed by atoms with Crippen LogP contribution in [0.2, 0.25) is 5.02 Å². The fraction of sp³-hybridized carbons (Fsp3) is 0.263. The van der Waals surface area contributed by atoms with E-state index in [0.717, 1.165) is 10.7 Å². The number of rotatable bonds is 5. The van der Waals surface area contributed by atoms with E-state index in [2.05, 4.69) is 10.4 Å². The molecule has 0 heterocycles. The van der Waals surface area contributed by atoms with E-state index in [0.29, 0.717) is 16.4 Å². The number of Topliss-reactive ketones (excluding diaryl/α,β-unsaturated/α-hetero) is 1. The summed E-state index contributed by atoms with van der Waals surface area (Å²) < 4.78 is 25.4. The molecule has 2 aromatic carbocycles. The van der Waals surface area contributed by atoms with Crippen LogP contribution in [0.4, 0.5) is 11.4 Å². The summed E-state index contributed by atoms with van der Waals surface area (Å²) in [5.74, 6) is -0.416. The van der Waals surface area contributed by atoms with Crippen LogP contribution in [0.25, 0.3) is 0 Å². The number of carbonyl (C=O) groups excluding carboxylic acids is 1. The number of nitrogens with one attached hydrogen (secondary N) is 1. The van der Waals surface area contributed by atoms with E-state index in [1.54, 1.807) is 75.4 Å². The molecule has 0 aliphatic heterocycles. The zero-order chi connectivity index (χ0) is 20.2. The number of halogens is 1. The summed E-state index contributed by atoms with van der Waals surface area (Å²) in [4.78, 5) is 12.9. The van der Waals surface area contributed by atoms with Crippen molar-refractivity contribution in [1.82, 2.24) is 0 Å². The average Bonchev–Trinajstić information content (AvgIpc) is 2.58. The number of hydrazone groups is 1. The minimum Gasteiger partial charge on any atom is -0.336 e. The Kier molecular flexibility index (Phi) is 6.28. The number of para-hydroxylation sites is 1. The lowest BCUT2D eigenvalue weighted by Crippen LogP contribution is -2.37. The van der Waals surface area contributed by atoms with Crippen molar-refractivity contribution in [3.05, 3.63) is 59.6 Å². The van der Waals surface area contributed by atoms with Gasteiger partial charge in [0, 0.05) is 16.1 Å². The van der Waals surface area contributed by atoms with Crippen LogP contribution in [-0.2, 0) is 14.8 Å². The lowest BCUT2D eigenvalue weighted by atomic mass is 9.90. The lowest BCUT2D eigenvalue weighted by Gasteiger charge is -2.22. The van der Waals surface area contributed by atoms with Gasteiger partial charge in [0.15, 0.2) is 5.84 Å². The fourth-order valence-corrected chi connectivity index (χ4v) is 2.98. The monoisotopic (exact) mass is 407 g/mol. The van der Waals surface area contributed by atoms with Crippen molar-refractivity contribution >= 4 is 44.6 Å². The topological polar surface area (TPSA) is 78.8 Å². The van der Waals surface area contributed by atoms with Gasteiger partial charge in [0.05, 0.1) is 11.9 Å². The number of ketones is 1. The summed E-state index contributed by atoms with van der Waals surface area (Å²) in [6.07, 6.45) is 1.03. The van der Waals surface area contributed by atoms with Crippen LogP contribution < -0.4 is 9.73 Å². The van der Waals surface area contributed by atoms with Crippen molar-refractivity contribution in [3.63, 3.8) is 0 Å². The minimum absolute atomic E-state index is 0.0842. The Morgan fingerprint density at radius 1 is 1.04 bits per heavy atom. The maximum atomic E-state index is 12.9. The van der Waals surface area contributed by atoms with Crippen molar-refractivity contribution < 1.29 is 13.2 Å². The van der Waals surface area contributed by atoms with E-state index in [4.69, 9.17) is 11.6 Å². The van der Waals surface area contributed by atoms with Crippen molar-refractivity contribution in [2.75, 3.05) is 16.0 Å². The van der Waals surface area contributed by atoms with E-state index in [1.165, 1.54) is 0 Å². The molecule has 0 aromatic heterocycles. The van der Waals surface area contributed by atoms with Crippen LogP contribution in [0.15, 0.2) is 59.7 Å². The number of hydrogen-bond donors (Lipinski definition) is 1. The van der Waals surface area contributed by atoms with E-state index in [-0.39, 0.29) is 11.6 Å². The number of nitrogens with zero attached hydrogens (tertiary/aromatic N) is 2. The van der Waals surface area contributed by atoms with Crippen LogP contribution in [0, 0.1) is 5.41 Å². The highest BCUT2D eigenvalue weighted by atomic mass is 35.5. The standard InChI is InChI=1S/C19H22ClN3O3S/c1-19(2,3)17(24)18(21-15-12-10-14(20)11-13-15)22-23(27(4,25)26)16-8-6-5-7-9-16/h5-13H,1-4H3,(H,21,22). The van der Waals surface area contributed by atoms with Crippen LogP contribution in [0.5, 0.6) is 0 Å². The Morgan fingerprint density at radius 3 is 2.07 bits per heavy atom. The number of benzene rings is 2. The molecule has 0 atom stereocenters. The van der Waals surface area contributed by atoms with Gasteiger partial charge in [0.25, 0.3) is 10.0 Å². The van der Waals surface area contributed by atoms with Gasteiger partial charge in [-0.05, 0) is 36.4 Å². The van der Waals surface area contributed by atoms with Gasteiger partial charge < -0.3 is 5.32 Å². The Hall–Kier alpha value is -2.38. The maximum absolute atomic E-state index is 12.9. The van der Waals surface area contributed by atoms with E-state index in [9.17, 15) is 13.2 Å². The first kappa shape index (κ1) is 20.9. The molecule has 0 amide bonds. The molecule has 0 spiro atoms. The predicted molar refractivity (Wildman–Crippen MR) is 111 cm³/mol. The zero-order valence-electron chi connectivity index (χ0n) is 15.6. The number of anilines is 2. The number of sulfonamides is 1. The smallest absolute Gasteiger partial charge is 0.251 e. The predicted octanol–water partition coefficient (Wildman–Crippen LogP) is 4.15. The normalized spacial score (nSPS) is 12.6. The molecular weight excluding hydrogens is 386 g/mol. The van der Waals surface area contributed by atoms with Crippen molar-refractivity contribution in [2.45, 2.75) is 20.8 Å². The quantitative estimate of drug-likeness (QED) is 0.458. The molecule has 0 bridgehead atoms. The molecule has 0 radical (unpaired) electrons. The largest absolute Gasteiger partial charge is 0.336 e. The third-order valence-electron chi connectivity index (χ3n) is 3.49. The zero-order valence-corrected chi connectivity index (χ0v) is 17.2. The van der Waals surface area contributed by atoms with Crippen molar-refractivity contribution in [3.8, 4) is 0 Å².